The van der Waals surface area contributed by atoms with E-state index < -0.39 is 0 Å². The second-order valence-corrected chi connectivity index (χ2v) is 7.35. The van der Waals surface area contributed by atoms with Crippen LogP contribution in [0.1, 0.15) is 22.9 Å². The molecule has 0 spiro atoms. The van der Waals surface area contributed by atoms with Crippen LogP contribution in [0, 0.1) is 18.7 Å². The molecule has 126 valence electrons. The molecule has 1 aliphatic carbocycles. The van der Waals surface area contributed by atoms with Gasteiger partial charge in [-0.15, -0.1) is 11.3 Å². The summed E-state index contributed by atoms with van der Waals surface area (Å²) in [7, 11) is 0. The lowest BCUT2D eigenvalue weighted by Crippen LogP contribution is -2.14. The molecule has 2 aromatic carbocycles. The molecule has 4 rings (SSSR count). The van der Waals surface area contributed by atoms with Crippen molar-refractivity contribution in [2.75, 3.05) is 5.32 Å². The van der Waals surface area contributed by atoms with Crippen molar-refractivity contribution in [1.29, 1.82) is 0 Å². The second-order valence-electron chi connectivity index (χ2n) is 6.29. The first kappa shape index (κ1) is 16.0. The Balaban J connectivity index is 1.46. The van der Waals surface area contributed by atoms with Crippen molar-refractivity contribution in [1.82, 2.24) is 4.98 Å². The van der Waals surface area contributed by atoms with Crippen molar-refractivity contribution >= 4 is 22.9 Å². The number of nitrogens with zero attached hydrogens (tertiary/aromatic N) is 1. The predicted octanol–water partition coefficient (Wildman–Crippen LogP) is 5.00. The van der Waals surface area contributed by atoms with Crippen molar-refractivity contribution in [3.63, 3.8) is 0 Å². The van der Waals surface area contributed by atoms with E-state index >= 15 is 0 Å². The first-order valence-corrected chi connectivity index (χ1v) is 9.07. The number of rotatable bonds is 4. The fourth-order valence-corrected chi connectivity index (χ4v) is 3.71. The van der Waals surface area contributed by atoms with Gasteiger partial charge in [0, 0.05) is 22.5 Å². The number of aryl methyl sites for hydroxylation is 1. The smallest absolute Gasteiger partial charge is 0.228 e. The van der Waals surface area contributed by atoms with Crippen molar-refractivity contribution in [2.24, 2.45) is 5.92 Å². The molecule has 2 atom stereocenters. The zero-order chi connectivity index (χ0) is 17.4. The van der Waals surface area contributed by atoms with Gasteiger partial charge in [0.1, 0.15) is 5.82 Å². The maximum atomic E-state index is 13.8. The summed E-state index contributed by atoms with van der Waals surface area (Å²) in [6.07, 6.45) is 0.692. The summed E-state index contributed by atoms with van der Waals surface area (Å²) >= 11 is 1.60. The fourth-order valence-electron chi connectivity index (χ4n) is 3.09. The van der Waals surface area contributed by atoms with E-state index in [-0.39, 0.29) is 23.6 Å². The van der Waals surface area contributed by atoms with E-state index in [1.807, 2.05) is 42.6 Å². The highest BCUT2D eigenvalue weighted by Crippen LogP contribution is 2.48. The predicted molar refractivity (Wildman–Crippen MR) is 98.2 cm³/mol. The van der Waals surface area contributed by atoms with Crippen molar-refractivity contribution in [3.05, 3.63) is 70.3 Å². The number of benzene rings is 2. The van der Waals surface area contributed by atoms with E-state index in [0.29, 0.717) is 12.0 Å². The number of carbonyl (C=O) groups is 1. The Morgan fingerprint density at radius 2 is 2.08 bits per heavy atom. The summed E-state index contributed by atoms with van der Waals surface area (Å²) in [4.78, 5) is 16.9. The molecule has 1 amide bonds. The first-order valence-electron chi connectivity index (χ1n) is 8.19. The zero-order valence-electron chi connectivity index (χ0n) is 13.7. The van der Waals surface area contributed by atoms with E-state index in [1.54, 1.807) is 23.5 Å². The van der Waals surface area contributed by atoms with Gasteiger partial charge in [-0.2, -0.15) is 0 Å². The molecule has 0 bridgehead atoms. The minimum atomic E-state index is -0.233. The Bertz CT molecular complexity index is 937. The third-order valence-corrected chi connectivity index (χ3v) is 5.25. The van der Waals surface area contributed by atoms with Crippen molar-refractivity contribution in [3.8, 4) is 11.3 Å². The molecule has 1 aromatic heterocycles. The van der Waals surface area contributed by atoms with Crippen LogP contribution < -0.4 is 5.32 Å². The zero-order valence-corrected chi connectivity index (χ0v) is 14.5. The van der Waals surface area contributed by atoms with Gasteiger partial charge in [-0.3, -0.25) is 4.79 Å². The molecule has 1 N–H and O–H groups in total. The van der Waals surface area contributed by atoms with Crippen LogP contribution in [0.25, 0.3) is 11.3 Å². The van der Waals surface area contributed by atoms with Gasteiger partial charge in [0.05, 0.1) is 10.7 Å². The van der Waals surface area contributed by atoms with Crippen LogP contribution in [0.2, 0.25) is 0 Å². The number of thiazole rings is 1. The van der Waals surface area contributed by atoms with Gasteiger partial charge in [-0.1, -0.05) is 30.3 Å². The van der Waals surface area contributed by atoms with Crippen molar-refractivity contribution in [2.45, 2.75) is 19.3 Å². The van der Waals surface area contributed by atoms with Gasteiger partial charge in [0.15, 0.2) is 0 Å². The van der Waals surface area contributed by atoms with Gasteiger partial charge in [-0.05, 0) is 43.0 Å². The molecule has 2 unspecified atom stereocenters. The lowest BCUT2D eigenvalue weighted by Gasteiger charge is -2.07. The Morgan fingerprint density at radius 3 is 2.84 bits per heavy atom. The van der Waals surface area contributed by atoms with Gasteiger partial charge >= 0.3 is 0 Å². The van der Waals surface area contributed by atoms with Crippen LogP contribution >= 0.6 is 11.3 Å². The number of hydrogen-bond donors (Lipinski definition) is 1. The molecule has 0 radical (unpaired) electrons. The van der Waals surface area contributed by atoms with Gasteiger partial charge < -0.3 is 5.32 Å². The lowest BCUT2D eigenvalue weighted by molar-refractivity contribution is -0.117. The van der Waals surface area contributed by atoms with Crippen LogP contribution in [-0.4, -0.2) is 10.9 Å². The molecule has 1 aliphatic rings. The van der Waals surface area contributed by atoms with Crippen LogP contribution in [0.3, 0.4) is 0 Å². The number of carbonyl (C=O) groups excluding carboxylic acids is 1. The lowest BCUT2D eigenvalue weighted by atomic mass is 10.1. The average molecular weight is 352 g/mol. The quantitative estimate of drug-likeness (QED) is 0.718. The Hall–Kier alpha value is -2.53. The minimum Gasteiger partial charge on any atom is -0.326 e. The van der Waals surface area contributed by atoms with Crippen LogP contribution in [0.5, 0.6) is 0 Å². The van der Waals surface area contributed by atoms with Crippen LogP contribution in [-0.2, 0) is 4.79 Å². The van der Waals surface area contributed by atoms with Crippen molar-refractivity contribution < 1.29 is 9.18 Å². The summed E-state index contributed by atoms with van der Waals surface area (Å²) in [5.74, 6) is -0.476. The van der Waals surface area contributed by atoms with E-state index in [2.05, 4.69) is 10.3 Å². The molecule has 1 saturated carbocycles. The molecule has 0 saturated heterocycles. The Labute approximate surface area is 149 Å². The third-order valence-electron chi connectivity index (χ3n) is 4.48. The topological polar surface area (TPSA) is 42.0 Å². The molecule has 5 heteroatoms. The summed E-state index contributed by atoms with van der Waals surface area (Å²) in [5.41, 5.74) is 3.26. The molecule has 1 fully saturated rings. The Kier molecular flexibility index (Phi) is 4.09. The minimum absolute atomic E-state index is 0.0226. The second kappa shape index (κ2) is 6.41. The Morgan fingerprint density at radius 1 is 1.24 bits per heavy atom. The molecular formula is C20H17FN2OS. The number of halogens is 1. The van der Waals surface area contributed by atoms with Gasteiger partial charge in [0.2, 0.25) is 5.91 Å². The molecule has 1 heterocycles. The summed E-state index contributed by atoms with van der Waals surface area (Å²) in [6, 6.07) is 14.4. The summed E-state index contributed by atoms with van der Waals surface area (Å²) < 4.78 is 13.8. The standard InChI is InChI=1S/C20H17FN2OS/c1-12-22-19(11-25-12)13-5-4-6-14(9-13)23-20(24)17-10-16(17)15-7-2-3-8-18(15)21/h2-9,11,16-17H,10H2,1H3,(H,23,24). The first-order chi connectivity index (χ1) is 12.1. The molecule has 3 aromatic rings. The third kappa shape index (κ3) is 3.33. The maximum Gasteiger partial charge on any atom is 0.228 e. The summed E-state index contributed by atoms with van der Waals surface area (Å²) in [5, 5.41) is 5.97. The normalized spacial score (nSPS) is 18.8. The number of aromatic nitrogens is 1. The SMILES string of the molecule is Cc1nc(-c2cccc(NC(=O)C3CC3c3ccccc3F)c2)cs1. The summed E-state index contributed by atoms with van der Waals surface area (Å²) in [6.45, 7) is 1.97. The van der Waals surface area contributed by atoms with Gasteiger partial charge in [-0.25, -0.2) is 9.37 Å². The van der Waals surface area contributed by atoms with E-state index in [4.69, 9.17) is 0 Å². The van der Waals surface area contributed by atoms with E-state index in [9.17, 15) is 9.18 Å². The van der Waals surface area contributed by atoms with Crippen LogP contribution in [0.15, 0.2) is 53.9 Å². The largest absolute Gasteiger partial charge is 0.326 e. The van der Waals surface area contributed by atoms with Crippen LogP contribution in [0.4, 0.5) is 10.1 Å². The number of amides is 1. The maximum absolute atomic E-state index is 13.8. The van der Waals surface area contributed by atoms with E-state index in [0.717, 1.165) is 22.0 Å². The molecule has 3 nitrogen and oxygen atoms in total. The van der Waals surface area contributed by atoms with Gasteiger partial charge in [0.25, 0.3) is 0 Å². The molecular weight excluding hydrogens is 335 g/mol. The highest BCUT2D eigenvalue weighted by Gasteiger charge is 2.45. The van der Waals surface area contributed by atoms with E-state index in [1.165, 1.54) is 6.07 Å². The fraction of sp³-hybridized carbons (Fsp3) is 0.200. The highest BCUT2D eigenvalue weighted by atomic mass is 32.1. The number of hydrogen-bond acceptors (Lipinski definition) is 3. The number of anilines is 1. The molecule has 0 aliphatic heterocycles. The number of nitrogens with one attached hydrogen (secondary N) is 1. The average Bonchev–Trinajstić information content (AvgIpc) is 3.29. The monoisotopic (exact) mass is 352 g/mol. The molecule has 25 heavy (non-hydrogen) atoms. The highest BCUT2D eigenvalue weighted by molar-refractivity contribution is 7.09.